The van der Waals surface area contributed by atoms with Gasteiger partial charge >= 0.3 is 0 Å². The third-order valence-corrected chi connectivity index (χ3v) is 3.31. The van der Waals surface area contributed by atoms with Crippen LogP contribution in [0.5, 0.6) is 0 Å². The van der Waals surface area contributed by atoms with Crippen LogP contribution in [0.4, 0.5) is 0 Å². The molecule has 0 bridgehead atoms. The third-order valence-electron chi connectivity index (χ3n) is 2.17. The minimum Gasteiger partial charge on any atom is -0.0884 e. The van der Waals surface area contributed by atoms with Gasteiger partial charge in [-0.25, -0.2) is 0 Å². The first-order valence-electron chi connectivity index (χ1n) is 4.15. The molecule has 0 saturated heterocycles. The summed E-state index contributed by atoms with van der Waals surface area (Å²) >= 11 is 3.71. The van der Waals surface area contributed by atoms with Gasteiger partial charge < -0.3 is 0 Å². The summed E-state index contributed by atoms with van der Waals surface area (Å²) in [5.41, 5.74) is 0. The van der Waals surface area contributed by atoms with Crippen LogP contribution in [0.15, 0.2) is 12.2 Å². The molecular formula is C9H15Br. The van der Waals surface area contributed by atoms with Crippen molar-refractivity contribution < 1.29 is 0 Å². The topological polar surface area (TPSA) is 0 Å². The van der Waals surface area contributed by atoms with Crippen molar-refractivity contribution >= 4 is 15.9 Å². The van der Waals surface area contributed by atoms with Crippen molar-refractivity contribution in [2.45, 2.75) is 37.4 Å². The second kappa shape index (κ2) is 4.17. The molecule has 0 heterocycles. The van der Waals surface area contributed by atoms with E-state index in [2.05, 4.69) is 35.0 Å². The smallest absolute Gasteiger partial charge is 0.0208 e. The molecule has 1 aliphatic carbocycles. The number of halogens is 1. The number of alkyl halides is 1. The summed E-state index contributed by atoms with van der Waals surface area (Å²) in [5, 5.41) is 0. The summed E-state index contributed by atoms with van der Waals surface area (Å²) < 4.78 is 0. The molecular weight excluding hydrogens is 188 g/mol. The van der Waals surface area contributed by atoms with Gasteiger partial charge in [0.05, 0.1) is 0 Å². The molecule has 2 atom stereocenters. The van der Waals surface area contributed by atoms with E-state index < -0.39 is 0 Å². The molecule has 0 aromatic heterocycles. The van der Waals surface area contributed by atoms with E-state index in [1.54, 1.807) is 0 Å². The molecule has 0 N–H and O–H groups in total. The van der Waals surface area contributed by atoms with Crippen LogP contribution in [-0.4, -0.2) is 4.83 Å². The second-order valence-electron chi connectivity index (χ2n) is 2.95. The van der Waals surface area contributed by atoms with Crippen LogP contribution in [0.25, 0.3) is 0 Å². The maximum atomic E-state index is 3.71. The monoisotopic (exact) mass is 202 g/mol. The molecule has 0 aliphatic heterocycles. The Kier molecular flexibility index (Phi) is 3.47. The molecule has 0 aromatic rings. The summed E-state index contributed by atoms with van der Waals surface area (Å²) in [5.74, 6) is 0.780. The van der Waals surface area contributed by atoms with Crippen molar-refractivity contribution in [1.29, 1.82) is 0 Å². The van der Waals surface area contributed by atoms with Crippen LogP contribution in [0.1, 0.15) is 32.6 Å². The van der Waals surface area contributed by atoms with Crippen molar-refractivity contribution in [3.63, 3.8) is 0 Å². The molecule has 0 nitrogen and oxygen atoms in total. The van der Waals surface area contributed by atoms with Crippen LogP contribution in [0.2, 0.25) is 0 Å². The van der Waals surface area contributed by atoms with Gasteiger partial charge in [0.1, 0.15) is 0 Å². The highest BCUT2D eigenvalue weighted by Gasteiger charge is 2.15. The van der Waals surface area contributed by atoms with E-state index in [-0.39, 0.29) is 0 Å². The first-order valence-corrected chi connectivity index (χ1v) is 5.07. The van der Waals surface area contributed by atoms with Crippen molar-refractivity contribution in [2.75, 3.05) is 0 Å². The Bertz CT molecular complexity index is 118. The summed E-state index contributed by atoms with van der Waals surface area (Å²) in [6, 6.07) is 0. The number of rotatable bonds is 1. The number of hydrogen-bond acceptors (Lipinski definition) is 0. The quantitative estimate of drug-likeness (QED) is 0.451. The highest BCUT2D eigenvalue weighted by molar-refractivity contribution is 9.09. The predicted octanol–water partition coefficient (Wildman–Crippen LogP) is 3.52. The standard InChI is InChI=1S/C9H15Br/c1-2-8-6-4-3-5-7-9(8)10/h4,6,8-9H,2-3,5,7H2,1H3/t8-,9-/m1/s1. The predicted molar refractivity (Wildman–Crippen MR) is 49.5 cm³/mol. The summed E-state index contributed by atoms with van der Waals surface area (Å²) in [4.78, 5) is 0.733. The van der Waals surface area contributed by atoms with Crippen molar-refractivity contribution in [3.05, 3.63) is 12.2 Å². The average Bonchev–Trinajstić information content (AvgIpc) is 2.13. The van der Waals surface area contributed by atoms with E-state index in [9.17, 15) is 0 Å². The Morgan fingerprint density at radius 1 is 1.60 bits per heavy atom. The number of hydrogen-bond donors (Lipinski definition) is 0. The van der Waals surface area contributed by atoms with E-state index in [0.29, 0.717) is 0 Å². The summed E-state index contributed by atoms with van der Waals surface area (Å²) in [6.45, 7) is 2.26. The van der Waals surface area contributed by atoms with Gasteiger partial charge in [0.25, 0.3) is 0 Å². The highest BCUT2D eigenvalue weighted by Crippen LogP contribution is 2.26. The lowest BCUT2D eigenvalue weighted by molar-refractivity contribution is 0.571. The Morgan fingerprint density at radius 3 is 3.10 bits per heavy atom. The van der Waals surface area contributed by atoms with E-state index in [1.807, 2.05) is 0 Å². The lowest BCUT2D eigenvalue weighted by Gasteiger charge is -2.14. The van der Waals surface area contributed by atoms with Gasteiger partial charge in [-0.15, -0.1) is 0 Å². The van der Waals surface area contributed by atoms with E-state index >= 15 is 0 Å². The van der Waals surface area contributed by atoms with E-state index in [0.717, 1.165) is 10.7 Å². The van der Waals surface area contributed by atoms with E-state index in [4.69, 9.17) is 0 Å². The van der Waals surface area contributed by atoms with Gasteiger partial charge in [0, 0.05) is 4.83 Å². The molecule has 58 valence electrons. The molecule has 0 aromatic carbocycles. The fourth-order valence-corrected chi connectivity index (χ4v) is 2.30. The lowest BCUT2D eigenvalue weighted by Crippen LogP contribution is -2.09. The Balaban J connectivity index is 2.48. The van der Waals surface area contributed by atoms with Crippen molar-refractivity contribution in [2.24, 2.45) is 5.92 Å². The minimum absolute atomic E-state index is 0.733. The van der Waals surface area contributed by atoms with Gasteiger partial charge in [0.2, 0.25) is 0 Å². The summed E-state index contributed by atoms with van der Waals surface area (Å²) in [6.07, 6.45) is 9.93. The SMILES string of the molecule is CC[C@@H]1C=CCCC[C@H]1Br. The molecule has 0 fully saturated rings. The fraction of sp³-hybridized carbons (Fsp3) is 0.778. The van der Waals surface area contributed by atoms with Gasteiger partial charge in [0.15, 0.2) is 0 Å². The fourth-order valence-electron chi connectivity index (χ4n) is 1.43. The van der Waals surface area contributed by atoms with Crippen LogP contribution < -0.4 is 0 Å². The zero-order valence-electron chi connectivity index (χ0n) is 6.52. The molecule has 0 spiro atoms. The maximum Gasteiger partial charge on any atom is 0.0208 e. The van der Waals surface area contributed by atoms with Gasteiger partial charge in [-0.1, -0.05) is 35.0 Å². The normalized spacial score (nSPS) is 33.8. The molecule has 0 amide bonds. The molecule has 0 unspecified atom stereocenters. The lowest BCUT2D eigenvalue weighted by atomic mass is 10.0. The Morgan fingerprint density at radius 2 is 2.40 bits per heavy atom. The zero-order valence-corrected chi connectivity index (χ0v) is 8.10. The van der Waals surface area contributed by atoms with Crippen LogP contribution in [0.3, 0.4) is 0 Å². The molecule has 1 heteroatoms. The maximum absolute atomic E-state index is 3.71. The van der Waals surface area contributed by atoms with Crippen LogP contribution in [-0.2, 0) is 0 Å². The molecule has 0 saturated carbocycles. The van der Waals surface area contributed by atoms with Gasteiger partial charge in [-0.2, -0.15) is 0 Å². The molecule has 10 heavy (non-hydrogen) atoms. The third kappa shape index (κ3) is 2.12. The number of allylic oxidation sites excluding steroid dienone is 2. The van der Waals surface area contributed by atoms with Crippen LogP contribution >= 0.6 is 15.9 Å². The zero-order chi connectivity index (χ0) is 7.40. The summed E-state index contributed by atoms with van der Waals surface area (Å²) in [7, 11) is 0. The molecule has 1 aliphatic rings. The van der Waals surface area contributed by atoms with E-state index in [1.165, 1.54) is 25.7 Å². The molecule has 0 radical (unpaired) electrons. The van der Waals surface area contributed by atoms with Crippen molar-refractivity contribution in [3.8, 4) is 0 Å². The highest BCUT2D eigenvalue weighted by atomic mass is 79.9. The first kappa shape index (κ1) is 8.32. The Labute approximate surface area is 71.8 Å². The van der Waals surface area contributed by atoms with Gasteiger partial charge in [-0.3, -0.25) is 0 Å². The average molecular weight is 203 g/mol. The second-order valence-corrected chi connectivity index (χ2v) is 4.12. The minimum atomic E-state index is 0.733. The van der Waals surface area contributed by atoms with Crippen LogP contribution in [0, 0.1) is 5.92 Å². The van der Waals surface area contributed by atoms with Gasteiger partial charge in [-0.05, 0) is 31.6 Å². The Hall–Kier alpha value is 0.220. The largest absolute Gasteiger partial charge is 0.0884 e. The molecule has 1 rings (SSSR count). The first-order chi connectivity index (χ1) is 4.84. The van der Waals surface area contributed by atoms with Crippen molar-refractivity contribution in [1.82, 2.24) is 0 Å².